The molecule has 0 radical (unpaired) electrons. The largest absolute Gasteiger partial charge is 0.507 e. The van der Waals surface area contributed by atoms with Gasteiger partial charge in [0.2, 0.25) is 0 Å². The van der Waals surface area contributed by atoms with Crippen molar-refractivity contribution < 1.29 is 13.9 Å². The van der Waals surface area contributed by atoms with E-state index in [1.165, 1.54) is 39.6 Å². The van der Waals surface area contributed by atoms with Crippen LogP contribution in [-0.4, -0.2) is 50.9 Å². The lowest BCUT2D eigenvalue weighted by atomic mass is 9.96. The van der Waals surface area contributed by atoms with Crippen LogP contribution in [0.25, 0.3) is 27.9 Å². The number of benzene rings is 3. The molecule has 8 heteroatoms. The Bertz CT molecular complexity index is 1540. The number of aryl methyl sites for hydroxylation is 1. The number of piperazine rings is 1. The Morgan fingerprint density at radius 3 is 2.08 bits per heavy atom. The van der Waals surface area contributed by atoms with Crippen LogP contribution in [0.4, 0.5) is 14.5 Å². The number of halogens is 2. The summed E-state index contributed by atoms with van der Waals surface area (Å²) in [6.07, 6.45) is 3.02. The van der Waals surface area contributed by atoms with E-state index >= 15 is 4.39 Å². The Morgan fingerprint density at radius 2 is 1.50 bits per heavy atom. The molecule has 0 aliphatic carbocycles. The Morgan fingerprint density at radius 1 is 0.842 bits per heavy atom. The van der Waals surface area contributed by atoms with E-state index in [9.17, 15) is 14.3 Å². The number of aromatic hydroxyl groups is 1. The van der Waals surface area contributed by atoms with Crippen molar-refractivity contribution in [3.05, 3.63) is 89.1 Å². The summed E-state index contributed by atoms with van der Waals surface area (Å²) >= 11 is 0. The molecule has 198 valence electrons. The molecular formula is C30H32F2N4O2. The molecule has 1 saturated heterocycles. The first kappa shape index (κ1) is 25.7. The maximum atomic E-state index is 15.1. The molecule has 0 unspecified atom stereocenters. The van der Waals surface area contributed by atoms with Crippen LogP contribution in [-0.2, 0) is 7.05 Å². The lowest BCUT2D eigenvalue weighted by Crippen LogP contribution is -2.53. The first-order chi connectivity index (χ1) is 18.0. The van der Waals surface area contributed by atoms with Gasteiger partial charge < -0.3 is 14.6 Å². The lowest BCUT2D eigenvalue weighted by Gasteiger charge is -2.43. The fourth-order valence-electron chi connectivity index (χ4n) is 5.06. The standard InChI is InChI=1S/C30H32F2N4O2/c1-30(2,3)35-13-11-34(12-14-35)23-7-5-6-20(16-23)24-18-22(31)19-25(28(24)37)21-8-9-27(26(32)17-21)36-15-10-33(4)29(36)38/h5-10,15-19,37H,11-14H2,1-4H3. The highest BCUT2D eigenvalue weighted by Crippen LogP contribution is 2.40. The molecule has 2 heterocycles. The number of anilines is 1. The number of aromatic nitrogens is 2. The van der Waals surface area contributed by atoms with Gasteiger partial charge in [-0.3, -0.25) is 9.47 Å². The summed E-state index contributed by atoms with van der Waals surface area (Å²) in [6, 6.07) is 14.4. The molecule has 0 spiro atoms. The van der Waals surface area contributed by atoms with Gasteiger partial charge in [-0.2, -0.15) is 0 Å². The van der Waals surface area contributed by atoms with E-state index in [1.807, 2.05) is 24.3 Å². The van der Waals surface area contributed by atoms with Crippen LogP contribution in [0.2, 0.25) is 0 Å². The van der Waals surface area contributed by atoms with Crippen LogP contribution in [0.15, 0.2) is 71.8 Å². The summed E-state index contributed by atoms with van der Waals surface area (Å²) in [5, 5.41) is 11.2. The van der Waals surface area contributed by atoms with E-state index in [0.717, 1.165) is 31.9 Å². The second-order valence-corrected chi connectivity index (χ2v) is 10.8. The van der Waals surface area contributed by atoms with Crippen LogP contribution in [0, 0.1) is 11.6 Å². The number of hydrogen-bond acceptors (Lipinski definition) is 4. The zero-order chi connectivity index (χ0) is 27.2. The van der Waals surface area contributed by atoms with E-state index in [0.29, 0.717) is 16.7 Å². The predicted octanol–water partition coefficient (Wildman–Crippen LogP) is 5.41. The predicted molar refractivity (Wildman–Crippen MR) is 147 cm³/mol. The molecule has 4 aromatic rings. The Balaban J connectivity index is 1.47. The van der Waals surface area contributed by atoms with Crippen LogP contribution < -0.4 is 10.6 Å². The highest BCUT2D eigenvalue weighted by Gasteiger charge is 2.26. The molecule has 0 amide bonds. The fourth-order valence-corrected chi connectivity index (χ4v) is 5.06. The minimum atomic E-state index is -0.655. The molecule has 0 saturated carbocycles. The van der Waals surface area contributed by atoms with Gasteiger partial charge >= 0.3 is 5.69 Å². The number of hydrogen-bond donors (Lipinski definition) is 1. The lowest BCUT2D eigenvalue weighted by molar-refractivity contribution is 0.128. The summed E-state index contributed by atoms with van der Waals surface area (Å²) in [4.78, 5) is 17.0. The molecular weight excluding hydrogens is 486 g/mol. The molecule has 1 aliphatic heterocycles. The van der Waals surface area contributed by atoms with Gasteiger partial charge in [-0.25, -0.2) is 13.6 Å². The number of nitrogens with zero attached hydrogens (tertiary/aromatic N) is 4. The molecule has 1 fully saturated rings. The van der Waals surface area contributed by atoms with Crippen molar-refractivity contribution in [2.24, 2.45) is 7.05 Å². The minimum absolute atomic E-state index is 0.0784. The summed E-state index contributed by atoms with van der Waals surface area (Å²) in [5.74, 6) is -1.33. The van der Waals surface area contributed by atoms with Crippen LogP contribution in [0.3, 0.4) is 0 Å². The highest BCUT2D eigenvalue weighted by atomic mass is 19.1. The van der Waals surface area contributed by atoms with Gasteiger partial charge in [0.15, 0.2) is 0 Å². The molecule has 6 nitrogen and oxygen atoms in total. The molecule has 5 rings (SSSR count). The quantitative estimate of drug-likeness (QED) is 0.392. The topological polar surface area (TPSA) is 53.6 Å². The van der Waals surface area contributed by atoms with Gasteiger partial charge in [0, 0.05) is 68.0 Å². The van der Waals surface area contributed by atoms with Crippen molar-refractivity contribution in [3.8, 4) is 33.7 Å². The van der Waals surface area contributed by atoms with Crippen molar-refractivity contribution in [2.75, 3.05) is 31.1 Å². The molecule has 38 heavy (non-hydrogen) atoms. The normalized spacial score (nSPS) is 14.7. The third-order valence-electron chi connectivity index (χ3n) is 7.29. The minimum Gasteiger partial charge on any atom is -0.507 e. The first-order valence-electron chi connectivity index (χ1n) is 12.7. The van der Waals surface area contributed by atoms with Crippen molar-refractivity contribution in [1.29, 1.82) is 0 Å². The second-order valence-electron chi connectivity index (χ2n) is 10.8. The molecule has 3 aromatic carbocycles. The number of rotatable bonds is 4. The van der Waals surface area contributed by atoms with E-state index in [1.54, 1.807) is 19.3 Å². The van der Waals surface area contributed by atoms with E-state index in [-0.39, 0.29) is 28.2 Å². The number of imidazole rings is 1. The van der Waals surface area contributed by atoms with Crippen LogP contribution in [0.1, 0.15) is 20.8 Å². The summed E-state index contributed by atoms with van der Waals surface area (Å²) in [5.41, 5.74) is 2.31. The maximum Gasteiger partial charge on any atom is 0.332 e. The third kappa shape index (κ3) is 4.84. The zero-order valence-electron chi connectivity index (χ0n) is 22.1. The number of phenols is 1. The zero-order valence-corrected chi connectivity index (χ0v) is 22.1. The molecule has 0 bridgehead atoms. The first-order valence-corrected chi connectivity index (χ1v) is 12.7. The Hall–Kier alpha value is -3.91. The smallest absolute Gasteiger partial charge is 0.332 e. The Labute approximate surface area is 221 Å². The third-order valence-corrected chi connectivity index (χ3v) is 7.29. The SMILES string of the molecule is Cn1ccn(-c2ccc(-c3cc(F)cc(-c4cccc(N5CCN(C(C)(C)C)CC5)c4)c3O)cc2F)c1=O. The average Bonchev–Trinajstić information content (AvgIpc) is 3.22. The van der Waals surface area contributed by atoms with E-state index in [2.05, 4.69) is 30.6 Å². The van der Waals surface area contributed by atoms with Gasteiger partial charge in [-0.05, 0) is 68.3 Å². The number of phenolic OH excluding ortho intramolecular Hbond substituents is 1. The van der Waals surface area contributed by atoms with Gasteiger partial charge in [0.05, 0.1) is 5.69 Å². The van der Waals surface area contributed by atoms with Gasteiger partial charge in [0.25, 0.3) is 0 Å². The van der Waals surface area contributed by atoms with Crippen molar-refractivity contribution in [2.45, 2.75) is 26.3 Å². The Kier molecular flexibility index (Phi) is 6.61. The van der Waals surface area contributed by atoms with E-state index < -0.39 is 11.6 Å². The molecule has 1 N–H and O–H groups in total. The monoisotopic (exact) mass is 518 g/mol. The van der Waals surface area contributed by atoms with Crippen LogP contribution >= 0.6 is 0 Å². The van der Waals surface area contributed by atoms with Gasteiger partial charge in [0.1, 0.15) is 17.4 Å². The molecule has 0 atom stereocenters. The van der Waals surface area contributed by atoms with Crippen molar-refractivity contribution >= 4 is 5.69 Å². The molecule has 1 aliphatic rings. The molecule has 1 aromatic heterocycles. The maximum absolute atomic E-state index is 15.1. The summed E-state index contributed by atoms with van der Waals surface area (Å²) < 4.78 is 32.4. The van der Waals surface area contributed by atoms with E-state index in [4.69, 9.17) is 0 Å². The second kappa shape index (κ2) is 9.76. The average molecular weight is 519 g/mol. The van der Waals surface area contributed by atoms with Gasteiger partial charge in [-0.15, -0.1) is 0 Å². The van der Waals surface area contributed by atoms with Crippen molar-refractivity contribution in [3.63, 3.8) is 0 Å². The van der Waals surface area contributed by atoms with Gasteiger partial charge in [-0.1, -0.05) is 18.2 Å². The summed E-state index contributed by atoms with van der Waals surface area (Å²) in [7, 11) is 1.58. The fraction of sp³-hybridized carbons (Fsp3) is 0.300. The summed E-state index contributed by atoms with van der Waals surface area (Å²) in [6.45, 7) is 10.3. The highest BCUT2D eigenvalue weighted by molar-refractivity contribution is 5.83. The van der Waals surface area contributed by atoms with Crippen molar-refractivity contribution in [1.82, 2.24) is 14.0 Å². The van der Waals surface area contributed by atoms with Crippen LogP contribution in [0.5, 0.6) is 5.75 Å².